The van der Waals surface area contributed by atoms with Crippen LogP contribution in [0.2, 0.25) is 0 Å². The summed E-state index contributed by atoms with van der Waals surface area (Å²) < 4.78 is 4.91. The Morgan fingerprint density at radius 3 is 2.19 bits per heavy atom. The quantitative estimate of drug-likeness (QED) is 0.306. The number of carbonyl (C=O) groups is 2. The van der Waals surface area contributed by atoms with Gasteiger partial charge in [0.1, 0.15) is 12.6 Å². The molecular formula is C22H39NO4. The van der Waals surface area contributed by atoms with E-state index in [0.717, 1.165) is 17.7 Å². The standard InChI is InChI=1S/C22H39NO4/c1-3-5-6-7-8-9-10-11-12-13-14-15-16-17-20(24)19-18-27-22(26)23(19)21(25)4-2/h16-17,19-20,24H,3-15,18H2,1-2H3/b17-16+/t19-,20+/m0/s1. The van der Waals surface area contributed by atoms with E-state index in [-0.39, 0.29) is 18.9 Å². The van der Waals surface area contributed by atoms with Gasteiger partial charge in [-0.3, -0.25) is 4.79 Å². The summed E-state index contributed by atoms with van der Waals surface area (Å²) in [6.45, 7) is 4.01. The molecule has 0 aliphatic carbocycles. The molecule has 1 aliphatic heterocycles. The minimum Gasteiger partial charge on any atom is -0.447 e. The van der Waals surface area contributed by atoms with Crippen LogP contribution in [-0.2, 0) is 9.53 Å². The number of hydrogen-bond acceptors (Lipinski definition) is 4. The number of carbonyl (C=O) groups excluding carboxylic acids is 2. The van der Waals surface area contributed by atoms with Gasteiger partial charge in [0.2, 0.25) is 5.91 Å². The van der Waals surface area contributed by atoms with E-state index in [1.807, 2.05) is 6.08 Å². The molecule has 1 fully saturated rings. The number of amides is 2. The van der Waals surface area contributed by atoms with E-state index in [2.05, 4.69) is 6.92 Å². The van der Waals surface area contributed by atoms with Gasteiger partial charge < -0.3 is 9.84 Å². The van der Waals surface area contributed by atoms with Crippen molar-refractivity contribution >= 4 is 12.0 Å². The van der Waals surface area contributed by atoms with E-state index < -0.39 is 18.2 Å². The summed E-state index contributed by atoms with van der Waals surface area (Å²) in [4.78, 5) is 24.5. The molecule has 1 heterocycles. The molecule has 156 valence electrons. The molecular weight excluding hydrogens is 342 g/mol. The van der Waals surface area contributed by atoms with Gasteiger partial charge >= 0.3 is 6.09 Å². The third kappa shape index (κ3) is 9.41. The Bertz CT molecular complexity index is 450. The highest BCUT2D eigenvalue weighted by molar-refractivity contribution is 5.93. The van der Waals surface area contributed by atoms with Crippen molar-refractivity contribution in [1.82, 2.24) is 4.90 Å². The summed E-state index contributed by atoms with van der Waals surface area (Å²) in [5, 5.41) is 10.2. The highest BCUT2D eigenvalue weighted by Crippen LogP contribution is 2.18. The lowest BCUT2D eigenvalue weighted by atomic mass is 10.0. The molecule has 2 atom stereocenters. The Balaban J connectivity index is 2.06. The van der Waals surface area contributed by atoms with Gasteiger partial charge in [-0.2, -0.15) is 0 Å². The highest BCUT2D eigenvalue weighted by atomic mass is 16.6. The summed E-state index contributed by atoms with van der Waals surface area (Å²) in [6, 6.07) is -0.599. The first-order chi connectivity index (χ1) is 13.1. The van der Waals surface area contributed by atoms with Gasteiger partial charge in [0.15, 0.2) is 0 Å². The summed E-state index contributed by atoms with van der Waals surface area (Å²) in [5.41, 5.74) is 0. The van der Waals surface area contributed by atoms with Crippen LogP contribution in [0.1, 0.15) is 97.3 Å². The van der Waals surface area contributed by atoms with Gasteiger partial charge in [0.25, 0.3) is 0 Å². The first kappa shape index (κ1) is 23.7. The second-order valence-electron chi connectivity index (χ2n) is 7.50. The SMILES string of the molecule is CCCCCCCCCCCCC/C=C/[C@@H](O)[C@@H]1COC(=O)N1C(=O)CC. The Kier molecular flexibility index (Phi) is 12.9. The second-order valence-corrected chi connectivity index (χ2v) is 7.50. The number of allylic oxidation sites excluding steroid dienone is 1. The Morgan fingerprint density at radius 1 is 1.07 bits per heavy atom. The van der Waals surface area contributed by atoms with Crippen molar-refractivity contribution < 1.29 is 19.4 Å². The maximum absolute atomic E-state index is 11.8. The lowest BCUT2D eigenvalue weighted by Gasteiger charge is -2.21. The zero-order valence-electron chi connectivity index (χ0n) is 17.3. The molecule has 2 amide bonds. The lowest BCUT2D eigenvalue weighted by Crippen LogP contribution is -2.44. The monoisotopic (exact) mass is 381 g/mol. The molecule has 5 heteroatoms. The number of imide groups is 1. The van der Waals surface area contributed by atoms with Crippen LogP contribution in [-0.4, -0.2) is 40.8 Å². The molecule has 0 radical (unpaired) electrons. The summed E-state index contributed by atoms with van der Waals surface area (Å²) in [5.74, 6) is -0.305. The number of ether oxygens (including phenoxy) is 1. The topological polar surface area (TPSA) is 66.8 Å². The normalized spacial score (nSPS) is 18.3. The van der Waals surface area contributed by atoms with Crippen LogP contribution in [0, 0.1) is 0 Å². The van der Waals surface area contributed by atoms with Crippen LogP contribution in [0.3, 0.4) is 0 Å². The Labute approximate surface area is 165 Å². The number of aliphatic hydroxyl groups is 1. The number of hydrogen-bond donors (Lipinski definition) is 1. The van der Waals surface area contributed by atoms with E-state index in [4.69, 9.17) is 4.74 Å². The van der Waals surface area contributed by atoms with Crippen LogP contribution in [0.4, 0.5) is 4.79 Å². The Hall–Kier alpha value is -1.36. The largest absolute Gasteiger partial charge is 0.447 e. The molecule has 0 aromatic carbocycles. The van der Waals surface area contributed by atoms with Crippen molar-refractivity contribution in [2.75, 3.05) is 6.61 Å². The summed E-state index contributed by atoms with van der Waals surface area (Å²) in [6.07, 6.45) is 17.7. The maximum Gasteiger partial charge on any atom is 0.417 e. The average molecular weight is 382 g/mol. The fourth-order valence-electron chi connectivity index (χ4n) is 3.43. The fraction of sp³-hybridized carbons (Fsp3) is 0.818. The van der Waals surface area contributed by atoms with Crippen LogP contribution in [0.25, 0.3) is 0 Å². The summed E-state index contributed by atoms with van der Waals surface area (Å²) >= 11 is 0. The number of unbranched alkanes of at least 4 members (excludes halogenated alkanes) is 11. The van der Waals surface area contributed by atoms with Gasteiger partial charge in [0.05, 0.1) is 6.10 Å². The second kappa shape index (κ2) is 14.7. The van der Waals surface area contributed by atoms with Gasteiger partial charge in [-0.1, -0.05) is 90.2 Å². The molecule has 0 spiro atoms. The molecule has 1 N–H and O–H groups in total. The highest BCUT2D eigenvalue weighted by Gasteiger charge is 2.40. The molecule has 27 heavy (non-hydrogen) atoms. The Morgan fingerprint density at radius 2 is 1.63 bits per heavy atom. The molecule has 0 bridgehead atoms. The van der Waals surface area contributed by atoms with Gasteiger partial charge in [-0.05, 0) is 12.8 Å². The van der Waals surface area contributed by atoms with Crippen molar-refractivity contribution in [2.45, 2.75) is 109 Å². The van der Waals surface area contributed by atoms with Crippen LogP contribution in [0.15, 0.2) is 12.2 Å². The molecule has 1 saturated heterocycles. The zero-order valence-corrected chi connectivity index (χ0v) is 17.3. The van der Waals surface area contributed by atoms with Crippen molar-refractivity contribution in [3.05, 3.63) is 12.2 Å². The third-order valence-corrected chi connectivity index (χ3v) is 5.18. The maximum atomic E-state index is 11.8. The number of aliphatic hydroxyl groups excluding tert-OH is 1. The van der Waals surface area contributed by atoms with E-state index in [1.165, 1.54) is 64.2 Å². The predicted molar refractivity (Wildman–Crippen MR) is 108 cm³/mol. The molecule has 0 saturated carbocycles. The lowest BCUT2D eigenvalue weighted by molar-refractivity contribution is -0.130. The fourth-order valence-corrected chi connectivity index (χ4v) is 3.43. The van der Waals surface area contributed by atoms with Crippen molar-refractivity contribution in [3.8, 4) is 0 Å². The zero-order chi connectivity index (χ0) is 19.9. The van der Waals surface area contributed by atoms with E-state index >= 15 is 0 Å². The van der Waals surface area contributed by atoms with Gasteiger partial charge in [0, 0.05) is 6.42 Å². The minimum absolute atomic E-state index is 0.0640. The van der Waals surface area contributed by atoms with Crippen LogP contribution < -0.4 is 0 Å². The van der Waals surface area contributed by atoms with E-state index in [9.17, 15) is 14.7 Å². The van der Waals surface area contributed by atoms with Gasteiger partial charge in [-0.15, -0.1) is 0 Å². The van der Waals surface area contributed by atoms with Gasteiger partial charge in [-0.25, -0.2) is 9.69 Å². The number of cyclic esters (lactones) is 1. The minimum atomic E-state index is -0.861. The molecule has 0 aromatic rings. The number of nitrogens with zero attached hydrogens (tertiary/aromatic N) is 1. The van der Waals surface area contributed by atoms with Crippen molar-refractivity contribution in [3.63, 3.8) is 0 Å². The van der Waals surface area contributed by atoms with E-state index in [0.29, 0.717) is 0 Å². The predicted octanol–water partition coefficient (Wildman–Crippen LogP) is 5.36. The molecule has 5 nitrogen and oxygen atoms in total. The average Bonchev–Trinajstić information content (AvgIpc) is 3.06. The smallest absolute Gasteiger partial charge is 0.417 e. The van der Waals surface area contributed by atoms with Crippen LogP contribution in [0.5, 0.6) is 0 Å². The number of rotatable bonds is 15. The molecule has 0 unspecified atom stereocenters. The van der Waals surface area contributed by atoms with Crippen molar-refractivity contribution in [1.29, 1.82) is 0 Å². The molecule has 1 aliphatic rings. The first-order valence-electron chi connectivity index (χ1n) is 10.9. The summed E-state index contributed by atoms with van der Waals surface area (Å²) in [7, 11) is 0. The third-order valence-electron chi connectivity index (χ3n) is 5.18. The molecule has 1 rings (SSSR count). The first-order valence-corrected chi connectivity index (χ1v) is 10.9. The molecule has 0 aromatic heterocycles. The van der Waals surface area contributed by atoms with Crippen LogP contribution >= 0.6 is 0 Å². The van der Waals surface area contributed by atoms with E-state index in [1.54, 1.807) is 13.0 Å². The van der Waals surface area contributed by atoms with Crippen molar-refractivity contribution in [2.24, 2.45) is 0 Å².